The lowest BCUT2D eigenvalue weighted by Crippen LogP contribution is -2.26. The Morgan fingerprint density at radius 1 is 1.33 bits per heavy atom. The smallest absolute Gasteiger partial charge is 0.304 e. The first-order valence-electron chi connectivity index (χ1n) is 4.53. The van der Waals surface area contributed by atoms with Crippen molar-refractivity contribution in [1.29, 1.82) is 0 Å². The predicted molar refractivity (Wildman–Crippen MR) is 53.3 cm³/mol. The largest absolute Gasteiger partial charge is 0.481 e. The zero-order valence-electron chi connectivity index (χ0n) is 8.61. The Kier molecular flexibility index (Phi) is 2.88. The Bertz CT molecular complexity index is 385. The van der Waals surface area contributed by atoms with Crippen LogP contribution in [0.25, 0.3) is 0 Å². The summed E-state index contributed by atoms with van der Waals surface area (Å²) in [6.07, 6.45) is 3.40. The molecule has 0 bridgehead atoms. The van der Waals surface area contributed by atoms with Gasteiger partial charge in [0.25, 0.3) is 0 Å². The lowest BCUT2D eigenvalue weighted by molar-refractivity contribution is -0.138. The number of aliphatic carboxylic acids is 1. The van der Waals surface area contributed by atoms with Crippen LogP contribution in [-0.4, -0.2) is 22.6 Å². The lowest BCUT2D eigenvalue weighted by Gasteiger charge is -2.25. The van der Waals surface area contributed by atoms with E-state index in [4.69, 9.17) is 5.11 Å². The molecule has 0 spiro atoms. The Morgan fingerprint density at radius 3 is 2.47 bits per heavy atom. The van der Waals surface area contributed by atoms with Gasteiger partial charge in [0, 0.05) is 11.0 Å². The van der Waals surface area contributed by atoms with Crippen LogP contribution in [0.3, 0.4) is 0 Å². The summed E-state index contributed by atoms with van der Waals surface area (Å²) in [7, 11) is 0. The van der Waals surface area contributed by atoms with Crippen molar-refractivity contribution in [3.8, 4) is 0 Å². The van der Waals surface area contributed by atoms with E-state index >= 15 is 0 Å². The maximum atomic E-state index is 11.5. The molecule has 0 amide bonds. The highest BCUT2D eigenvalue weighted by Gasteiger charge is 2.31. The van der Waals surface area contributed by atoms with Crippen LogP contribution in [0.5, 0.6) is 0 Å². The summed E-state index contributed by atoms with van der Waals surface area (Å²) in [6, 6.07) is 0. The number of carboxylic acid groups (broad SMARTS) is 1. The fourth-order valence-corrected chi connectivity index (χ4v) is 1.51. The summed E-state index contributed by atoms with van der Waals surface area (Å²) in [5.41, 5.74) is -0.555. The molecule has 1 rings (SSSR count). The summed E-state index contributed by atoms with van der Waals surface area (Å²) in [5, 5.41) is 8.69. The quantitative estimate of drug-likeness (QED) is 0.705. The molecule has 0 atom stereocenters. The highest BCUT2D eigenvalue weighted by molar-refractivity contribution is 6.18. The molecule has 0 saturated heterocycles. The second-order valence-corrected chi connectivity index (χ2v) is 4.11. The molecular weight excluding hydrogens is 196 g/mol. The molecule has 1 N–H and O–H groups in total. The van der Waals surface area contributed by atoms with Gasteiger partial charge in [-0.25, -0.2) is 0 Å². The lowest BCUT2D eigenvalue weighted by atomic mass is 9.77. The second-order valence-electron chi connectivity index (χ2n) is 4.11. The van der Waals surface area contributed by atoms with Crippen LogP contribution < -0.4 is 0 Å². The van der Waals surface area contributed by atoms with Gasteiger partial charge in [-0.15, -0.1) is 0 Å². The van der Waals surface area contributed by atoms with Gasteiger partial charge in [0.05, 0.1) is 6.42 Å². The minimum absolute atomic E-state index is 0.175. The Labute approximate surface area is 87.3 Å². The monoisotopic (exact) mass is 208 g/mol. The third-order valence-electron chi connectivity index (χ3n) is 2.27. The number of carboxylic acids is 1. The Morgan fingerprint density at radius 2 is 1.93 bits per heavy atom. The first kappa shape index (κ1) is 11.4. The topological polar surface area (TPSA) is 71.4 Å². The molecule has 0 radical (unpaired) electrons. The van der Waals surface area contributed by atoms with E-state index in [9.17, 15) is 14.4 Å². The maximum Gasteiger partial charge on any atom is 0.304 e. The molecule has 1 aliphatic rings. The Balaban J connectivity index is 3.00. The average molecular weight is 208 g/mol. The van der Waals surface area contributed by atoms with Crippen molar-refractivity contribution in [3.63, 3.8) is 0 Å². The number of carbonyl (C=O) groups excluding carboxylic acids is 2. The second kappa shape index (κ2) is 3.81. The maximum absolute atomic E-state index is 11.5. The number of hydrogen-bond acceptors (Lipinski definition) is 3. The van der Waals surface area contributed by atoms with Crippen molar-refractivity contribution < 1.29 is 19.5 Å². The molecule has 4 heteroatoms. The minimum Gasteiger partial charge on any atom is -0.481 e. The summed E-state index contributed by atoms with van der Waals surface area (Å²) < 4.78 is 0. The average Bonchev–Trinajstić information content (AvgIpc) is 2.06. The van der Waals surface area contributed by atoms with E-state index in [2.05, 4.69) is 0 Å². The van der Waals surface area contributed by atoms with E-state index in [0.29, 0.717) is 0 Å². The van der Waals surface area contributed by atoms with Crippen molar-refractivity contribution in [2.75, 3.05) is 0 Å². The molecule has 0 unspecified atom stereocenters. The van der Waals surface area contributed by atoms with Crippen molar-refractivity contribution in [2.45, 2.75) is 20.3 Å². The number of carbonyl (C=O) groups is 3. The van der Waals surface area contributed by atoms with Crippen molar-refractivity contribution in [3.05, 3.63) is 23.8 Å². The summed E-state index contributed by atoms with van der Waals surface area (Å²) >= 11 is 0. The van der Waals surface area contributed by atoms with E-state index in [-0.39, 0.29) is 23.6 Å². The van der Waals surface area contributed by atoms with Crippen LogP contribution in [0, 0.1) is 5.41 Å². The van der Waals surface area contributed by atoms with Gasteiger partial charge in [-0.3, -0.25) is 14.4 Å². The molecule has 4 nitrogen and oxygen atoms in total. The zero-order chi connectivity index (χ0) is 11.6. The molecule has 1 aliphatic carbocycles. The number of hydrogen-bond donors (Lipinski definition) is 1. The van der Waals surface area contributed by atoms with Gasteiger partial charge < -0.3 is 5.11 Å². The molecular formula is C11H12O4. The molecule has 15 heavy (non-hydrogen) atoms. The summed E-state index contributed by atoms with van der Waals surface area (Å²) in [4.78, 5) is 33.2. The van der Waals surface area contributed by atoms with Crippen LogP contribution >= 0.6 is 0 Å². The molecule has 0 heterocycles. The van der Waals surface area contributed by atoms with Gasteiger partial charge in [0.15, 0.2) is 11.6 Å². The van der Waals surface area contributed by atoms with Crippen molar-refractivity contribution >= 4 is 17.5 Å². The molecule has 0 saturated carbocycles. The first-order chi connectivity index (χ1) is 6.83. The third-order valence-corrected chi connectivity index (χ3v) is 2.27. The fourth-order valence-electron chi connectivity index (χ4n) is 1.51. The van der Waals surface area contributed by atoms with Gasteiger partial charge in [0.2, 0.25) is 0 Å². The molecule has 0 fully saturated rings. The van der Waals surface area contributed by atoms with Crippen LogP contribution in [-0.2, 0) is 14.4 Å². The summed E-state index contributed by atoms with van der Waals surface area (Å²) in [6.45, 7) is 3.27. The minimum atomic E-state index is -0.990. The Hall–Kier alpha value is -1.71. The van der Waals surface area contributed by atoms with Gasteiger partial charge in [-0.2, -0.15) is 0 Å². The van der Waals surface area contributed by atoms with E-state index in [1.54, 1.807) is 13.8 Å². The number of allylic oxidation sites excluding steroid dienone is 4. The van der Waals surface area contributed by atoms with Crippen molar-refractivity contribution in [2.24, 2.45) is 5.41 Å². The van der Waals surface area contributed by atoms with Gasteiger partial charge in [-0.05, 0) is 18.2 Å². The molecule has 0 aromatic heterocycles. The molecule has 0 aliphatic heterocycles. The standard InChI is InChI=1S/C11H12O4/c1-11(2,6-10(14)15)8-5-7(12)3-4-9(8)13/h3-5H,6H2,1-2H3,(H,14,15). The van der Waals surface area contributed by atoms with E-state index in [1.165, 1.54) is 18.2 Å². The van der Waals surface area contributed by atoms with Crippen LogP contribution in [0.1, 0.15) is 20.3 Å². The predicted octanol–water partition coefficient (Wildman–Crippen LogP) is 1.12. The third kappa shape index (κ3) is 2.62. The van der Waals surface area contributed by atoms with Crippen LogP contribution in [0.2, 0.25) is 0 Å². The molecule has 80 valence electrons. The highest BCUT2D eigenvalue weighted by atomic mass is 16.4. The normalized spacial score (nSPS) is 16.5. The fraction of sp³-hybridized carbons (Fsp3) is 0.364. The zero-order valence-corrected chi connectivity index (χ0v) is 8.61. The van der Waals surface area contributed by atoms with Crippen molar-refractivity contribution in [1.82, 2.24) is 0 Å². The van der Waals surface area contributed by atoms with E-state index in [0.717, 1.165) is 0 Å². The van der Waals surface area contributed by atoms with E-state index in [1.807, 2.05) is 0 Å². The number of rotatable bonds is 3. The van der Waals surface area contributed by atoms with E-state index < -0.39 is 11.4 Å². The van der Waals surface area contributed by atoms with Crippen LogP contribution in [0.4, 0.5) is 0 Å². The van der Waals surface area contributed by atoms with Gasteiger partial charge >= 0.3 is 5.97 Å². The highest BCUT2D eigenvalue weighted by Crippen LogP contribution is 2.32. The van der Waals surface area contributed by atoms with Crippen LogP contribution in [0.15, 0.2) is 23.8 Å². The number of ketones is 2. The molecule has 0 aromatic carbocycles. The van der Waals surface area contributed by atoms with Gasteiger partial charge in [0.1, 0.15) is 0 Å². The first-order valence-corrected chi connectivity index (χ1v) is 4.53. The SMILES string of the molecule is CC(C)(CC(=O)O)C1=CC(=O)C=CC1=O. The summed E-state index contributed by atoms with van der Waals surface area (Å²) in [5.74, 6) is -1.56. The molecule has 0 aromatic rings. The van der Waals surface area contributed by atoms with Gasteiger partial charge in [-0.1, -0.05) is 13.8 Å².